The number of hydrogen-bond acceptors (Lipinski definition) is 8. The highest BCUT2D eigenvalue weighted by Crippen LogP contribution is 2.44. The van der Waals surface area contributed by atoms with Crippen molar-refractivity contribution >= 4 is 11.9 Å². The van der Waals surface area contributed by atoms with Crippen LogP contribution in [0.5, 0.6) is 0 Å². The van der Waals surface area contributed by atoms with Crippen LogP contribution in [0.2, 0.25) is 0 Å². The predicted molar refractivity (Wildman–Crippen MR) is 173 cm³/mol. The molecule has 12 nitrogen and oxygen atoms in total. The number of rotatable bonds is 4. The van der Waals surface area contributed by atoms with Crippen molar-refractivity contribution in [3.8, 4) is 6.07 Å². The van der Waals surface area contributed by atoms with Crippen molar-refractivity contribution in [3.63, 3.8) is 0 Å². The van der Waals surface area contributed by atoms with Crippen molar-refractivity contribution in [3.05, 3.63) is 24.5 Å². The fourth-order valence-corrected chi connectivity index (χ4v) is 10.1. The molecule has 5 fully saturated rings. The van der Waals surface area contributed by atoms with Crippen LogP contribution in [-0.2, 0) is 17.8 Å². The van der Waals surface area contributed by atoms with E-state index < -0.39 is 36.6 Å². The molecular formula is C34H50F2N10O2. The molecule has 6 heterocycles. The Morgan fingerprint density at radius 1 is 1.17 bits per heavy atom. The van der Waals surface area contributed by atoms with E-state index in [4.69, 9.17) is 0 Å². The summed E-state index contributed by atoms with van der Waals surface area (Å²) in [6, 6.07) is 0.603. The molecule has 3 N–H and O–H groups in total. The van der Waals surface area contributed by atoms with Crippen LogP contribution in [0, 0.1) is 40.9 Å². The molecule has 48 heavy (non-hydrogen) atoms. The molecule has 12 atom stereocenters. The maximum Gasteiger partial charge on any atom is 0.320 e. The van der Waals surface area contributed by atoms with Gasteiger partial charge in [-0.1, -0.05) is 32.1 Å². The molecule has 3 amide bonds. The third-order valence-corrected chi connectivity index (χ3v) is 12.3. The van der Waals surface area contributed by atoms with E-state index in [1.54, 1.807) is 4.90 Å². The molecule has 7 rings (SSSR count). The van der Waals surface area contributed by atoms with Crippen LogP contribution in [0.1, 0.15) is 58.1 Å². The smallest absolute Gasteiger partial charge is 0.320 e. The molecule has 1 aliphatic carbocycles. The van der Waals surface area contributed by atoms with Gasteiger partial charge in [-0.15, -0.1) is 5.10 Å². The average molecular weight is 669 g/mol. The summed E-state index contributed by atoms with van der Waals surface area (Å²) in [5, 5.41) is 29.2. The molecule has 1 aromatic heterocycles. The van der Waals surface area contributed by atoms with E-state index in [0.29, 0.717) is 39.0 Å². The summed E-state index contributed by atoms with van der Waals surface area (Å²) in [6.45, 7) is 10.5. The van der Waals surface area contributed by atoms with Gasteiger partial charge in [0, 0.05) is 56.3 Å². The molecule has 4 saturated heterocycles. The van der Waals surface area contributed by atoms with E-state index in [1.807, 2.05) is 15.8 Å². The zero-order chi connectivity index (χ0) is 33.7. The fourth-order valence-electron chi connectivity index (χ4n) is 10.1. The van der Waals surface area contributed by atoms with Gasteiger partial charge in [0.25, 0.3) is 0 Å². The van der Waals surface area contributed by atoms with Crippen LogP contribution in [0.4, 0.5) is 13.6 Å². The molecule has 4 bridgehead atoms. The molecule has 262 valence electrons. The summed E-state index contributed by atoms with van der Waals surface area (Å²) in [4.78, 5) is 33.0. The first-order chi connectivity index (χ1) is 23.2. The van der Waals surface area contributed by atoms with E-state index in [0.717, 1.165) is 31.5 Å². The van der Waals surface area contributed by atoms with Crippen molar-refractivity contribution in [2.45, 2.75) is 114 Å². The summed E-state index contributed by atoms with van der Waals surface area (Å²) in [7, 11) is 0. The Labute approximate surface area is 281 Å². The van der Waals surface area contributed by atoms with Crippen LogP contribution < -0.4 is 16.0 Å². The number of piperidine rings is 2. The molecular weight excluding hydrogens is 618 g/mol. The lowest BCUT2D eigenvalue weighted by Crippen LogP contribution is -2.79. The van der Waals surface area contributed by atoms with Gasteiger partial charge >= 0.3 is 6.03 Å². The van der Waals surface area contributed by atoms with Crippen molar-refractivity contribution in [1.82, 2.24) is 45.6 Å². The first-order valence-electron chi connectivity index (χ1n) is 18.0. The highest BCUT2D eigenvalue weighted by molar-refractivity contribution is 5.87. The first kappa shape index (κ1) is 33.4. The molecule has 12 unspecified atom stereocenters. The lowest BCUT2D eigenvalue weighted by Gasteiger charge is -2.60. The van der Waals surface area contributed by atoms with Gasteiger partial charge in [0.15, 0.2) is 0 Å². The van der Waals surface area contributed by atoms with Crippen LogP contribution in [-0.4, -0.2) is 117 Å². The van der Waals surface area contributed by atoms with Crippen molar-refractivity contribution in [2.24, 2.45) is 29.6 Å². The summed E-state index contributed by atoms with van der Waals surface area (Å²) in [5.74, 6) is -0.969. The number of aromatic nitrogens is 3. The largest absolute Gasteiger partial charge is 0.333 e. The molecule has 6 aliphatic rings. The summed E-state index contributed by atoms with van der Waals surface area (Å²) in [6.07, 6.45) is 3.42. The third-order valence-electron chi connectivity index (χ3n) is 12.3. The number of hydrogen-bond donors (Lipinski definition) is 3. The van der Waals surface area contributed by atoms with Crippen molar-refractivity contribution in [2.75, 3.05) is 26.2 Å². The molecule has 1 saturated carbocycles. The van der Waals surface area contributed by atoms with Crippen LogP contribution in [0.25, 0.3) is 0 Å². The quantitative estimate of drug-likeness (QED) is 0.416. The lowest BCUT2D eigenvalue weighted by atomic mass is 9.69. The van der Waals surface area contributed by atoms with Gasteiger partial charge in [-0.3, -0.25) is 19.7 Å². The predicted octanol–water partition coefficient (Wildman–Crippen LogP) is 2.20. The second-order valence-corrected chi connectivity index (χ2v) is 15.3. The standard InChI is InChI=1S/C34H50F2N10O2/c1-4-27(47)45-13-12-43(18-23(45)8-10-37)32-24-15-26(36)30-28-21(6-5-7-25(28)35)16-44-17-22(41-42-44)14-20-9-11-38-29(19(2)3)31(20)46(33(24)39-30)34(48)40-32/h4,17,19-21,23-26,28-33,38-39H,1,5-9,11-16,18H2,2-3H3,(H,40,48). The zero-order valence-electron chi connectivity index (χ0n) is 28.1. The normalized spacial score (nSPS) is 40.3. The minimum Gasteiger partial charge on any atom is -0.333 e. The Morgan fingerprint density at radius 3 is 2.77 bits per heavy atom. The number of nitrogens with zero attached hydrogens (tertiary/aromatic N) is 7. The SMILES string of the molecule is C=CC(=O)N1CCN(C2NC(=O)N3C4NC(C(F)CC24)C2C(F)CCCC2Cn2cc(nn2)CC2CCNC(C(C)C)C23)CC1CC#N. The Hall–Kier alpha value is -3.15. The van der Waals surface area contributed by atoms with E-state index in [2.05, 4.69) is 57.7 Å². The maximum atomic E-state index is 16.8. The van der Waals surface area contributed by atoms with Gasteiger partial charge < -0.3 is 20.4 Å². The summed E-state index contributed by atoms with van der Waals surface area (Å²) in [5.41, 5.74) is 0.861. The molecule has 1 aromatic rings. The van der Waals surface area contributed by atoms with Gasteiger partial charge in [0.2, 0.25) is 5.91 Å². The monoisotopic (exact) mass is 668 g/mol. The minimum absolute atomic E-state index is 0.0138. The minimum atomic E-state index is -1.33. The van der Waals surface area contributed by atoms with Crippen molar-refractivity contribution in [1.29, 1.82) is 5.26 Å². The number of nitrogens with one attached hydrogen (secondary N) is 3. The number of alkyl halides is 2. The summed E-state index contributed by atoms with van der Waals surface area (Å²) < 4.78 is 34.7. The second-order valence-electron chi connectivity index (χ2n) is 15.3. The second kappa shape index (κ2) is 13.6. The average Bonchev–Trinajstić information content (AvgIpc) is 3.51. The fraction of sp³-hybridized carbons (Fsp3) is 0.794. The molecule has 0 aromatic carbocycles. The van der Waals surface area contributed by atoms with E-state index >= 15 is 8.78 Å². The van der Waals surface area contributed by atoms with Crippen LogP contribution >= 0.6 is 0 Å². The lowest BCUT2D eigenvalue weighted by molar-refractivity contribution is -0.133. The number of nitriles is 1. The third kappa shape index (κ3) is 6.00. The van der Waals surface area contributed by atoms with Gasteiger partial charge in [-0.25, -0.2) is 13.6 Å². The van der Waals surface area contributed by atoms with Gasteiger partial charge in [0.05, 0.1) is 42.6 Å². The molecule has 0 spiro atoms. The van der Waals surface area contributed by atoms with E-state index in [-0.39, 0.29) is 66.6 Å². The first-order valence-corrected chi connectivity index (χ1v) is 18.0. The Morgan fingerprint density at radius 2 is 2.00 bits per heavy atom. The molecule has 5 aliphatic heterocycles. The topological polar surface area (TPSA) is 134 Å². The number of carbonyl (C=O) groups excluding carboxylic acids is 2. The zero-order valence-corrected chi connectivity index (χ0v) is 28.1. The number of fused-ring (bicyclic) bond motifs is 7. The number of urea groups is 1. The van der Waals surface area contributed by atoms with Crippen LogP contribution in [0.3, 0.4) is 0 Å². The van der Waals surface area contributed by atoms with Crippen molar-refractivity contribution < 1.29 is 18.4 Å². The highest BCUT2D eigenvalue weighted by atomic mass is 19.1. The Kier molecular flexibility index (Phi) is 9.47. The van der Waals surface area contributed by atoms with Gasteiger partial charge in [-0.05, 0) is 62.5 Å². The van der Waals surface area contributed by atoms with Gasteiger partial charge in [0.1, 0.15) is 12.3 Å². The number of amides is 3. The Bertz CT molecular complexity index is 1400. The van der Waals surface area contributed by atoms with E-state index in [9.17, 15) is 14.9 Å². The molecule has 0 radical (unpaired) electrons. The van der Waals surface area contributed by atoms with Gasteiger partial charge in [-0.2, -0.15) is 5.26 Å². The van der Waals surface area contributed by atoms with Crippen LogP contribution in [0.15, 0.2) is 18.9 Å². The highest BCUT2D eigenvalue weighted by Gasteiger charge is 2.57. The summed E-state index contributed by atoms with van der Waals surface area (Å²) >= 11 is 0. The number of carbonyl (C=O) groups is 2. The number of piperazine rings is 1. The number of halogens is 2. The Balaban J connectivity index is 1.29. The maximum absolute atomic E-state index is 16.8. The molecule has 14 heteroatoms. The van der Waals surface area contributed by atoms with E-state index in [1.165, 1.54) is 6.08 Å².